The molecule has 1 fully saturated rings. The van der Waals surface area contributed by atoms with Gasteiger partial charge in [0.05, 0.1) is 5.92 Å². The van der Waals surface area contributed by atoms with Crippen molar-refractivity contribution in [2.24, 2.45) is 5.92 Å². The molecule has 6 nitrogen and oxygen atoms in total. The molecule has 0 bridgehead atoms. The zero-order valence-corrected chi connectivity index (χ0v) is 11.5. The van der Waals surface area contributed by atoms with Crippen LogP contribution in [0.2, 0.25) is 0 Å². The van der Waals surface area contributed by atoms with Gasteiger partial charge in [-0.2, -0.15) is 5.10 Å². The van der Waals surface area contributed by atoms with E-state index in [1.807, 2.05) is 18.2 Å². The van der Waals surface area contributed by atoms with Gasteiger partial charge >= 0.3 is 0 Å². The first kappa shape index (κ1) is 13.5. The number of nitrogens with zero attached hydrogens (tertiary/aromatic N) is 2. The average Bonchev–Trinajstić information content (AvgIpc) is 3.03. The number of nitrogens with one attached hydrogen (secondary N) is 2. The summed E-state index contributed by atoms with van der Waals surface area (Å²) in [5, 5.41) is 13.7. The summed E-state index contributed by atoms with van der Waals surface area (Å²) in [4.78, 5) is 12.1. The van der Waals surface area contributed by atoms with Crippen molar-refractivity contribution in [3.63, 3.8) is 0 Å². The van der Waals surface area contributed by atoms with Crippen molar-refractivity contribution < 1.29 is 9.53 Å². The third-order valence-corrected chi connectivity index (χ3v) is 3.30. The Morgan fingerprint density at radius 2 is 2.29 bits per heavy atom. The Labute approximate surface area is 122 Å². The van der Waals surface area contributed by atoms with E-state index in [0.29, 0.717) is 17.3 Å². The van der Waals surface area contributed by atoms with Crippen LogP contribution >= 0.6 is 0 Å². The lowest BCUT2D eigenvalue weighted by Crippen LogP contribution is -2.24. The van der Waals surface area contributed by atoms with E-state index in [1.165, 1.54) is 0 Å². The van der Waals surface area contributed by atoms with Crippen LogP contribution in [-0.4, -0.2) is 29.2 Å². The molecule has 2 aromatic rings. The van der Waals surface area contributed by atoms with Crippen molar-refractivity contribution in [2.45, 2.75) is 6.42 Å². The van der Waals surface area contributed by atoms with Crippen LogP contribution in [0.1, 0.15) is 6.42 Å². The maximum Gasteiger partial charge on any atom is 0.238 e. The molecule has 0 spiro atoms. The number of amides is 1. The number of hydrogen-bond donors (Lipinski definition) is 2. The molecule has 1 unspecified atom stereocenters. The predicted octanol–water partition coefficient (Wildman–Crippen LogP) is 1.82. The van der Waals surface area contributed by atoms with E-state index in [9.17, 15) is 4.79 Å². The Balaban J connectivity index is 1.66. The second-order valence-corrected chi connectivity index (χ2v) is 4.87. The number of ether oxygens (including phenoxy) is 1. The molecule has 108 valence electrons. The smallest absolute Gasteiger partial charge is 0.238 e. The molecule has 0 radical (unpaired) electrons. The predicted molar refractivity (Wildman–Crippen MR) is 78.2 cm³/mol. The fourth-order valence-corrected chi connectivity index (χ4v) is 2.22. The van der Waals surface area contributed by atoms with Crippen LogP contribution in [0, 0.1) is 5.92 Å². The Bertz CT molecular complexity index is 612. The summed E-state index contributed by atoms with van der Waals surface area (Å²) in [6.07, 6.45) is 2.46. The van der Waals surface area contributed by atoms with Gasteiger partial charge in [-0.1, -0.05) is 6.07 Å². The number of benzene rings is 1. The summed E-state index contributed by atoms with van der Waals surface area (Å²) in [6.45, 7) is 1.63. The van der Waals surface area contributed by atoms with Gasteiger partial charge in [0.2, 0.25) is 11.8 Å². The van der Waals surface area contributed by atoms with Crippen LogP contribution in [-0.2, 0) is 4.79 Å². The first-order valence-electron chi connectivity index (χ1n) is 6.88. The molecule has 1 aliphatic rings. The summed E-state index contributed by atoms with van der Waals surface area (Å²) in [5.74, 6) is 1.10. The van der Waals surface area contributed by atoms with Crippen molar-refractivity contribution in [1.82, 2.24) is 15.5 Å². The average molecular weight is 284 g/mol. The quantitative estimate of drug-likeness (QED) is 0.895. The zero-order valence-electron chi connectivity index (χ0n) is 11.5. The van der Waals surface area contributed by atoms with Crippen LogP contribution in [0.4, 0.5) is 5.69 Å². The molecule has 0 saturated carbocycles. The van der Waals surface area contributed by atoms with E-state index in [1.54, 1.807) is 24.4 Å². The summed E-state index contributed by atoms with van der Waals surface area (Å²) >= 11 is 0. The van der Waals surface area contributed by atoms with Gasteiger partial charge in [-0.25, -0.2) is 0 Å². The zero-order chi connectivity index (χ0) is 14.5. The minimum Gasteiger partial charge on any atom is -0.437 e. The van der Waals surface area contributed by atoms with E-state index >= 15 is 0 Å². The maximum atomic E-state index is 12.1. The normalized spacial score (nSPS) is 17.4. The number of aromatic nitrogens is 2. The third-order valence-electron chi connectivity index (χ3n) is 3.30. The third kappa shape index (κ3) is 3.55. The van der Waals surface area contributed by atoms with Crippen LogP contribution in [0.25, 0.3) is 0 Å². The molecule has 1 atom stereocenters. The second-order valence-electron chi connectivity index (χ2n) is 4.87. The lowest BCUT2D eigenvalue weighted by atomic mass is 10.1. The molecule has 3 rings (SSSR count). The highest BCUT2D eigenvalue weighted by molar-refractivity contribution is 5.93. The SMILES string of the molecule is O=C(Nc1cccc(Oc2cccnn2)c1)C1CCNC1. The lowest BCUT2D eigenvalue weighted by molar-refractivity contribution is -0.119. The topological polar surface area (TPSA) is 76.1 Å². The molecule has 1 amide bonds. The molecule has 21 heavy (non-hydrogen) atoms. The summed E-state index contributed by atoms with van der Waals surface area (Å²) in [5.41, 5.74) is 0.716. The first-order valence-corrected chi connectivity index (χ1v) is 6.88. The Morgan fingerprint density at radius 1 is 1.33 bits per heavy atom. The molecule has 1 aromatic carbocycles. The minimum absolute atomic E-state index is 0.0366. The second kappa shape index (κ2) is 6.32. The van der Waals surface area contributed by atoms with Gasteiger partial charge in [0.1, 0.15) is 5.75 Å². The van der Waals surface area contributed by atoms with Crippen molar-refractivity contribution in [3.05, 3.63) is 42.6 Å². The number of rotatable bonds is 4. The van der Waals surface area contributed by atoms with E-state index in [-0.39, 0.29) is 11.8 Å². The molecule has 1 aromatic heterocycles. The van der Waals surface area contributed by atoms with E-state index in [4.69, 9.17) is 4.74 Å². The summed E-state index contributed by atoms with van der Waals surface area (Å²) < 4.78 is 5.59. The van der Waals surface area contributed by atoms with Crippen molar-refractivity contribution in [2.75, 3.05) is 18.4 Å². The molecule has 2 heterocycles. The Kier molecular flexibility index (Phi) is 4.07. The van der Waals surface area contributed by atoms with Gasteiger partial charge < -0.3 is 15.4 Å². The van der Waals surface area contributed by atoms with E-state index in [0.717, 1.165) is 19.5 Å². The Morgan fingerprint density at radius 3 is 3.05 bits per heavy atom. The molecule has 2 N–H and O–H groups in total. The van der Waals surface area contributed by atoms with Crippen molar-refractivity contribution in [3.8, 4) is 11.6 Å². The molecular formula is C15H16N4O2. The number of carbonyl (C=O) groups is 1. The summed E-state index contributed by atoms with van der Waals surface area (Å²) in [7, 11) is 0. The summed E-state index contributed by atoms with van der Waals surface area (Å²) in [6, 6.07) is 10.7. The number of hydrogen-bond acceptors (Lipinski definition) is 5. The lowest BCUT2D eigenvalue weighted by Gasteiger charge is -2.11. The van der Waals surface area contributed by atoms with Gasteiger partial charge in [0, 0.05) is 30.6 Å². The molecular weight excluding hydrogens is 268 g/mol. The van der Waals surface area contributed by atoms with Crippen molar-refractivity contribution >= 4 is 11.6 Å². The largest absolute Gasteiger partial charge is 0.437 e. The first-order chi connectivity index (χ1) is 10.3. The van der Waals surface area contributed by atoms with Crippen LogP contribution in [0.15, 0.2) is 42.6 Å². The monoisotopic (exact) mass is 284 g/mol. The van der Waals surface area contributed by atoms with Crippen LogP contribution < -0.4 is 15.4 Å². The van der Waals surface area contributed by atoms with E-state index < -0.39 is 0 Å². The number of anilines is 1. The van der Waals surface area contributed by atoms with Gasteiger partial charge in [-0.15, -0.1) is 5.10 Å². The molecule has 0 aliphatic carbocycles. The maximum absolute atomic E-state index is 12.1. The highest BCUT2D eigenvalue weighted by Gasteiger charge is 2.22. The number of carbonyl (C=O) groups excluding carboxylic acids is 1. The fourth-order valence-electron chi connectivity index (χ4n) is 2.22. The van der Waals surface area contributed by atoms with Gasteiger partial charge in [0.25, 0.3) is 0 Å². The van der Waals surface area contributed by atoms with E-state index in [2.05, 4.69) is 20.8 Å². The highest BCUT2D eigenvalue weighted by Crippen LogP contribution is 2.23. The molecule has 6 heteroatoms. The minimum atomic E-state index is 0.0366. The Hall–Kier alpha value is -2.47. The van der Waals surface area contributed by atoms with Crippen LogP contribution in [0.5, 0.6) is 11.6 Å². The van der Waals surface area contributed by atoms with Gasteiger partial charge in [-0.05, 0) is 31.2 Å². The molecule has 1 saturated heterocycles. The highest BCUT2D eigenvalue weighted by atomic mass is 16.5. The fraction of sp³-hybridized carbons (Fsp3) is 0.267. The van der Waals surface area contributed by atoms with Gasteiger partial charge in [-0.3, -0.25) is 4.79 Å². The van der Waals surface area contributed by atoms with Gasteiger partial charge in [0.15, 0.2) is 0 Å². The van der Waals surface area contributed by atoms with Crippen LogP contribution in [0.3, 0.4) is 0 Å². The molecule has 1 aliphatic heterocycles. The standard InChI is InChI=1S/C15H16N4O2/c20-15(11-6-8-16-10-11)18-12-3-1-4-13(9-12)21-14-5-2-7-17-19-14/h1-5,7,9,11,16H,6,8,10H2,(H,18,20). The van der Waals surface area contributed by atoms with Crippen molar-refractivity contribution in [1.29, 1.82) is 0 Å².